The number of hydrogen-bond acceptors (Lipinski definition) is 5. The molecule has 126 valence electrons. The Kier molecular flexibility index (Phi) is 4.73. The van der Waals surface area contributed by atoms with Gasteiger partial charge in [-0.05, 0) is 25.1 Å². The average Bonchev–Trinajstić information content (AvgIpc) is 3.13. The fraction of sp³-hybridized carbons (Fsp3) is 0.312. The van der Waals surface area contributed by atoms with Gasteiger partial charge in [-0.15, -0.1) is 11.3 Å². The van der Waals surface area contributed by atoms with Crippen LogP contribution in [0.1, 0.15) is 11.3 Å². The maximum absolute atomic E-state index is 12.3. The number of rotatable bonds is 4. The number of amides is 2. The van der Waals surface area contributed by atoms with Crippen LogP contribution in [0.5, 0.6) is 5.75 Å². The SMILES string of the molecule is COc1ccc(N2C[C@H](C(=O)Nc3ncc(C)s3)CC2=O)cc1Cl. The molecule has 1 aromatic carbocycles. The Morgan fingerprint density at radius 1 is 1.50 bits per heavy atom. The summed E-state index contributed by atoms with van der Waals surface area (Å²) in [5.41, 5.74) is 0.659. The number of carbonyl (C=O) groups is 2. The van der Waals surface area contributed by atoms with Crippen molar-refractivity contribution in [1.82, 2.24) is 4.98 Å². The quantitative estimate of drug-likeness (QED) is 0.903. The molecule has 1 saturated heterocycles. The molecule has 24 heavy (non-hydrogen) atoms. The van der Waals surface area contributed by atoms with Gasteiger partial charge in [0.1, 0.15) is 5.75 Å². The van der Waals surface area contributed by atoms with Crippen LogP contribution >= 0.6 is 22.9 Å². The third-order valence-corrected chi connectivity index (χ3v) is 4.92. The number of nitrogens with zero attached hydrogens (tertiary/aromatic N) is 2. The number of carbonyl (C=O) groups excluding carboxylic acids is 2. The molecule has 3 rings (SSSR count). The van der Waals surface area contributed by atoms with Crippen molar-refractivity contribution >= 4 is 45.6 Å². The Hall–Kier alpha value is -2.12. The highest BCUT2D eigenvalue weighted by Gasteiger charge is 2.35. The summed E-state index contributed by atoms with van der Waals surface area (Å²) in [4.78, 5) is 31.3. The smallest absolute Gasteiger partial charge is 0.231 e. The van der Waals surface area contributed by atoms with Crippen LogP contribution in [-0.2, 0) is 9.59 Å². The summed E-state index contributed by atoms with van der Waals surface area (Å²) in [5.74, 6) is -0.172. The van der Waals surface area contributed by atoms with Gasteiger partial charge in [0.25, 0.3) is 0 Å². The molecular formula is C16H16ClN3O3S. The second-order valence-electron chi connectivity index (χ2n) is 5.49. The molecule has 0 spiro atoms. The van der Waals surface area contributed by atoms with E-state index in [2.05, 4.69) is 10.3 Å². The standard InChI is InChI=1S/C16H16ClN3O3S/c1-9-7-18-16(24-9)19-15(22)10-5-14(21)20(8-10)11-3-4-13(23-2)12(17)6-11/h3-4,6-7,10H,5,8H2,1-2H3,(H,18,19,22)/t10-/m1/s1. The number of anilines is 2. The largest absolute Gasteiger partial charge is 0.495 e. The zero-order valence-electron chi connectivity index (χ0n) is 13.2. The van der Waals surface area contributed by atoms with Crippen LogP contribution in [0.15, 0.2) is 24.4 Å². The van der Waals surface area contributed by atoms with Crippen LogP contribution < -0.4 is 15.0 Å². The van der Waals surface area contributed by atoms with E-state index in [1.807, 2.05) is 6.92 Å². The molecule has 8 heteroatoms. The number of methoxy groups -OCH3 is 1. The molecule has 0 bridgehead atoms. The van der Waals surface area contributed by atoms with Crippen molar-refractivity contribution < 1.29 is 14.3 Å². The number of thiazole rings is 1. The highest BCUT2D eigenvalue weighted by Crippen LogP contribution is 2.32. The van der Waals surface area contributed by atoms with Crippen molar-refractivity contribution in [2.45, 2.75) is 13.3 Å². The highest BCUT2D eigenvalue weighted by molar-refractivity contribution is 7.15. The van der Waals surface area contributed by atoms with E-state index < -0.39 is 5.92 Å². The molecule has 2 aromatic rings. The minimum Gasteiger partial charge on any atom is -0.495 e. The van der Waals surface area contributed by atoms with E-state index in [0.717, 1.165) is 4.88 Å². The van der Waals surface area contributed by atoms with Crippen molar-refractivity contribution in [2.75, 3.05) is 23.9 Å². The molecule has 6 nitrogen and oxygen atoms in total. The number of halogens is 1. The third kappa shape index (κ3) is 3.37. The van der Waals surface area contributed by atoms with Gasteiger partial charge in [-0.2, -0.15) is 0 Å². The lowest BCUT2D eigenvalue weighted by molar-refractivity contribution is -0.122. The molecule has 0 unspecified atom stereocenters. The summed E-state index contributed by atoms with van der Waals surface area (Å²) in [7, 11) is 1.53. The van der Waals surface area contributed by atoms with Gasteiger partial charge in [0.05, 0.1) is 18.1 Å². The van der Waals surface area contributed by atoms with E-state index in [1.54, 1.807) is 29.3 Å². The summed E-state index contributed by atoms with van der Waals surface area (Å²) in [6.07, 6.45) is 1.87. The number of benzene rings is 1. The van der Waals surface area contributed by atoms with Gasteiger partial charge in [0.15, 0.2) is 5.13 Å². The van der Waals surface area contributed by atoms with Crippen molar-refractivity contribution in [3.63, 3.8) is 0 Å². The summed E-state index contributed by atoms with van der Waals surface area (Å²) in [6, 6.07) is 5.13. The Labute approximate surface area is 148 Å². The number of aryl methyl sites for hydroxylation is 1. The molecule has 1 aliphatic rings. The van der Waals surface area contributed by atoms with Gasteiger partial charge >= 0.3 is 0 Å². The molecule has 1 aromatic heterocycles. The first kappa shape index (κ1) is 16.7. The van der Waals surface area contributed by atoms with Crippen LogP contribution in [0, 0.1) is 12.8 Å². The lowest BCUT2D eigenvalue weighted by Gasteiger charge is -2.17. The van der Waals surface area contributed by atoms with Gasteiger partial charge in [-0.1, -0.05) is 11.6 Å². The molecule has 0 radical (unpaired) electrons. The molecule has 1 fully saturated rings. The van der Waals surface area contributed by atoms with Gasteiger partial charge in [0, 0.05) is 29.7 Å². The number of nitrogens with one attached hydrogen (secondary N) is 1. The fourth-order valence-electron chi connectivity index (χ4n) is 2.58. The first-order valence-electron chi connectivity index (χ1n) is 7.35. The lowest BCUT2D eigenvalue weighted by atomic mass is 10.1. The molecule has 1 atom stereocenters. The first-order valence-corrected chi connectivity index (χ1v) is 8.54. The predicted molar refractivity (Wildman–Crippen MR) is 93.9 cm³/mol. The summed E-state index contributed by atoms with van der Waals surface area (Å²) >= 11 is 7.52. The van der Waals surface area contributed by atoms with E-state index >= 15 is 0 Å². The van der Waals surface area contributed by atoms with Crippen molar-refractivity contribution in [3.8, 4) is 5.75 Å². The van der Waals surface area contributed by atoms with Crippen LogP contribution in [-0.4, -0.2) is 30.5 Å². The van der Waals surface area contributed by atoms with Crippen molar-refractivity contribution in [1.29, 1.82) is 0 Å². The Morgan fingerprint density at radius 2 is 2.29 bits per heavy atom. The van der Waals surface area contributed by atoms with Gasteiger partial charge in [-0.3, -0.25) is 9.59 Å². The second kappa shape index (κ2) is 6.78. The number of hydrogen-bond donors (Lipinski definition) is 1. The zero-order valence-corrected chi connectivity index (χ0v) is 14.8. The van der Waals surface area contributed by atoms with E-state index in [-0.39, 0.29) is 18.2 Å². The minimum atomic E-state index is -0.414. The number of aromatic nitrogens is 1. The summed E-state index contributed by atoms with van der Waals surface area (Å²) in [6.45, 7) is 2.24. The molecular weight excluding hydrogens is 350 g/mol. The minimum absolute atomic E-state index is 0.105. The van der Waals surface area contributed by atoms with Crippen LogP contribution in [0.25, 0.3) is 0 Å². The second-order valence-corrected chi connectivity index (χ2v) is 7.13. The maximum atomic E-state index is 12.3. The van der Waals surface area contributed by atoms with Gasteiger partial charge < -0.3 is 15.0 Å². The summed E-state index contributed by atoms with van der Waals surface area (Å²) < 4.78 is 5.11. The van der Waals surface area contributed by atoms with Crippen molar-refractivity contribution in [3.05, 3.63) is 34.3 Å². The normalized spacial score (nSPS) is 17.2. The van der Waals surface area contributed by atoms with Crippen LogP contribution in [0.3, 0.4) is 0 Å². The zero-order chi connectivity index (χ0) is 17.3. The Bertz CT molecular complexity index is 793. The van der Waals surface area contributed by atoms with Crippen molar-refractivity contribution in [2.24, 2.45) is 5.92 Å². The maximum Gasteiger partial charge on any atom is 0.231 e. The van der Waals surface area contributed by atoms with Gasteiger partial charge in [0.2, 0.25) is 11.8 Å². The van der Waals surface area contributed by atoms with Crippen LogP contribution in [0.4, 0.5) is 10.8 Å². The van der Waals surface area contributed by atoms with E-state index in [0.29, 0.717) is 28.1 Å². The topological polar surface area (TPSA) is 71.5 Å². The molecule has 0 saturated carbocycles. The van der Waals surface area contributed by atoms with Crippen LogP contribution in [0.2, 0.25) is 5.02 Å². The molecule has 2 amide bonds. The third-order valence-electron chi connectivity index (χ3n) is 3.79. The average molecular weight is 366 g/mol. The van der Waals surface area contributed by atoms with E-state index in [1.165, 1.54) is 18.4 Å². The monoisotopic (exact) mass is 365 g/mol. The Balaban J connectivity index is 1.71. The Morgan fingerprint density at radius 3 is 2.92 bits per heavy atom. The molecule has 1 aliphatic heterocycles. The van der Waals surface area contributed by atoms with E-state index in [9.17, 15) is 9.59 Å². The predicted octanol–water partition coefficient (Wildman–Crippen LogP) is 3.11. The molecule has 1 N–H and O–H groups in total. The summed E-state index contributed by atoms with van der Waals surface area (Å²) in [5, 5.41) is 3.75. The lowest BCUT2D eigenvalue weighted by Crippen LogP contribution is -2.28. The highest BCUT2D eigenvalue weighted by atomic mass is 35.5. The first-order chi connectivity index (χ1) is 11.5. The van der Waals surface area contributed by atoms with E-state index in [4.69, 9.17) is 16.3 Å². The van der Waals surface area contributed by atoms with Gasteiger partial charge in [-0.25, -0.2) is 4.98 Å². The molecule has 2 heterocycles. The molecule has 0 aliphatic carbocycles. The number of ether oxygens (including phenoxy) is 1. The fourth-order valence-corrected chi connectivity index (χ4v) is 3.50.